The van der Waals surface area contributed by atoms with E-state index in [9.17, 15) is 0 Å². The van der Waals surface area contributed by atoms with Crippen LogP contribution in [0, 0.1) is 0 Å². The molecule has 0 fully saturated rings. The van der Waals surface area contributed by atoms with E-state index in [1.54, 1.807) is 0 Å². The summed E-state index contributed by atoms with van der Waals surface area (Å²) in [6.07, 6.45) is 2.05. The van der Waals surface area contributed by atoms with Crippen LogP contribution >= 0.6 is 11.6 Å². The molecule has 0 bridgehead atoms. The van der Waals surface area contributed by atoms with Crippen LogP contribution < -0.4 is 0 Å². The topological polar surface area (TPSA) is 30.7 Å². The van der Waals surface area contributed by atoms with Crippen LogP contribution in [0.3, 0.4) is 0 Å². The Balaban J connectivity index is 2.13. The minimum Gasteiger partial charge on any atom is -0.298 e. The second-order valence-electron chi connectivity index (χ2n) is 6.29. The lowest BCUT2D eigenvalue weighted by Gasteiger charge is -2.23. The minimum atomic E-state index is -0.0544. The molecule has 2 rings (SSSR count). The fourth-order valence-electron chi connectivity index (χ4n) is 2.32. The second-order valence-corrected chi connectivity index (χ2v) is 6.62. The van der Waals surface area contributed by atoms with E-state index in [4.69, 9.17) is 11.6 Å². The third-order valence-corrected chi connectivity index (χ3v) is 3.72. The summed E-state index contributed by atoms with van der Waals surface area (Å²) >= 11 is 6.22. The summed E-state index contributed by atoms with van der Waals surface area (Å²) in [6.45, 7) is 8.57. The number of hydrogen-bond acceptors (Lipinski definition) is 2. The van der Waals surface area contributed by atoms with E-state index in [0.29, 0.717) is 5.28 Å². The summed E-state index contributed by atoms with van der Waals surface area (Å²) in [5, 5.41) is 8.76. The van der Waals surface area contributed by atoms with Gasteiger partial charge in [0.05, 0.1) is 0 Å². The molecule has 0 amide bonds. The van der Waals surface area contributed by atoms with Crippen molar-refractivity contribution in [2.75, 3.05) is 0 Å². The van der Waals surface area contributed by atoms with Crippen molar-refractivity contribution in [3.05, 3.63) is 47.0 Å². The molecule has 0 saturated carbocycles. The SMILES string of the molecule is CC(CCc1ccccc1)n1c(Cl)nnc1C(C)(C)C. The number of rotatable bonds is 4. The van der Waals surface area contributed by atoms with Crippen molar-refractivity contribution in [2.24, 2.45) is 0 Å². The van der Waals surface area contributed by atoms with Crippen molar-refractivity contribution in [3.8, 4) is 0 Å². The smallest absolute Gasteiger partial charge is 0.225 e. The molecule has 4 heteroatoms. The van der Waals surface area contributed by atoms with E-state index in [0.717, 1.165) is 18.7 Å². The Labute approximate surface area is 126 Å². The molecule has 0 saturated heterocycles. The zero-order chi connectivity index (χ0) is 14.8. The Kier molecular flexibility index (Phi) is 4.48. The fourth-order valence-corrected chi connectivity index (χ4v) is 2.61. The Morgan fingerprint density at radius 3 is 2.40 bits per heavy atom. The maximum Gasteiger partial charge on any atom is 0.225 e. The summed E-state index contributed by atoms with van der Waals surface area (Å²) in [5.41, 5.74) is 1.29. The van der Waals surface area contributed by atoms with Gasteiger partial charge in [0, 0.05) is 11.5 Å². The lowest BCUT2D eigenvalue weighted by Crippen LogP contribution is -2.21. The van der Waals surface area contributed by atoms with Crippen LogP contribution in [0.1, 0.15) is 51.5 Å². The van der Waals surface area contributed by atoms with Crippen molar-refractivity contribution >= 4 is 11.6 Å². The van der Waals surface area contributed by atoms with Gasteiger partial charge in [0.2, 0.25) is 5.28 Å². The molecule has 1 heterocycles. The first-order chi connectivity index (χ1) is 9.39. The standard InChI is InChI=1S/C16H22ClN3/c1-12(10-11-13-8-6-5-7-9-13)20-14(16(2,3)4)18-19-15(20)17/h5-9,12H,10-11H2,1-4H3. The second kappa shape index (κ2) is 5.96. The molecule has 1 aromatic heterocycles. The van der Waals surface area contributed by atoms with Crippen molar-refractivity contribution < 1.29 is 0 Å². The van der Waals surface area contributed by atoms with Crippen LogP contribution in [0.25, 0.3) is 0 Å². The van der Waals surface area contributed by atoms with Gasteiger partial charge in [-0.25, -0.2) is 0 Å². The highest BCUT2D eigenvalue weighted by Gasteiger charge is 2.25. The fraction of sp³-hybridized carbons (Fsp3) is 0.500. The molecule has 1 atom stereocenters. The molecule has 108 valence electrons. The number of aryl methyl sites for hydroxylation is 1. The Morgan fingerprint density at radius 1 is 1.15 bits per heavy atom. The Hall–Kier alpha value is -1.35. The molecule has 3 nitrogen and oxygen atoms in total. The number of hydrogen-bond donors (Lipinski definition) is 0. The number of aromatic nitrogens is 3. The van der Waals surface area contributed by atoms with E-state index in [-0.39, 0.29) is 11.5 Å². The van der Waals surface area contributed by atoms with Crippen LogP contribution in [-0.4, -0.2) is 14.8 Å². The maximum absolute atomic E-state index is 6.22. The average molecular weight is 292 g/mol. The van der Waals surface area contributed by atoms with Crippen LogP contribution in [0.2, 0.25) is 5.28 Å². The Bertz CT molecular complexity index is 555. The monoisotopic (exact) mass is 291 g/mol. The van der Waals surface area contributed by atoms with Crippen LogP contribution in [0.5, 0.6) is 0 Å². The molecule has 0 aliphatic carbocycles. The quantitative estimate of drug-likeness (QED) is 0.835. The van der Waals surface area contributed by atoms with Gasteiger partial charge in [0.15, 0.2) is 0 Å². The molecule has 0 aliphatic rings. The van der Waals surface area contributed by atoms with E-state index < -0.39 is 0 Å². The van der Waals surface area contributed by atoms with Crippen LogP contribution in [0.4, 0.5) is 0 Å². The van der Waals surface area contributed by atoms with Gasteiger partial charge in [0.1, 0.15) is 5.82 Å². The predicted molar refractivity (Wildman–Crippen MR) is 83.2 cm³/mol. The van der Waals surface area contributed by atoms with Gasteiger partial charge in [-0.15, -0.1) is 10.2 Å². The number of benzene rings is 1. The third-order valence-electron chi connectivity index (χ3n) is 3.46. The minimum absolute atomic E-state index is 0.0544. The van der Waals surface area contributed by atoms with Gasteiger partial charge >= 0.3 is 0 Å². The normalized spacial score (nSPS) is 13.4. The zero-order valence-corrected chi connectivity index (χ0v) is 13.4. The van der Waals surface area contributed by atoms with Crippen molar-refractivity contribution in [2.45, 2.75) is 52.0 Å². The average Bonchev–Trinajstić information content (AvgIpc) is 2.79. The Morgan fingerprint density at radius 2 is 1.80 bits per heavy atom. The van der Waals surface area contributed by atoms with E-state index in [1.165, 1.54) is 5.56 Å². The van der Waals surface area contributed by atoms with Crippen molar-refractivity contribution in [3.63, 3.8) is 0 Å². The lowest BCUT2D eigenvalue weighted by atomic mass is 9.95. The van der Waals surface area contributed by atoms with E-state index >= 15 is 0 Å². The molecule has 1 aromatic carbocycles. The number of nitrogens with zero attached hydrogens (tertiary/aromatic N) is 3. The first-order valence-electron chi connectivity index (χ1n) is 7.04. The zero-order valence-electron chi connectivity index (χ0n) is 12.6. The summed E-state index contributed by atoms with van der Waals surface area (Å²) < 4.78 is 2.06. The van der Waals surface area contributed by atoms with Crippen LogP contribution in [0.15, 0.2) is 30.3 Å². The van der Waals surface area contributed by atoms with Gasteiger partial charge in [-0.1, -0.05) is 51.1 Å². The number of halogens is 1. The first-order valence-corrected chi connectivity index (χ1v) is 7.42. The molecule has 0 N–H and O–H groups in total. The molecule has 2 aromatic rings. The van der Waals surface area contributed by atoms with E-state index in [2.05, 4.69) is 66.7 Å². The predicted octanol–water partition coefficient (Wildman–Crippen LogP) is 4.42. The van der Waals surface area contributed by atoms with Gasteiger partial charge in [0.25, 0.3) is 0 Å². The van der Waals surface area contributed by atoms with Crippen molar-refractivity contribution in [1.82, 2.24) is 14.8 Å². The highest BCUT2D eigenvalue weighted by molar-refractivity contribution is 6.28. The first kappa shape index (κ1) is 15.0. The summed E-state index contributed by atoms with van der Waals surface area (Å²) in [6, 6.07) is 10.8. The van der Waals surface area contributed by atoms with Gasteiger partial charge in [-0.05, 0) is 36.9 Å². The molecule has 0 radical (unpaired) electrons. The largest absolute Gasteiger partial charge is 0.298 e. The third kappa shape index (κ3) is 3.40. The molecular formula is C16H22ClN3. The van der Waals surface area contributed by atoms with Gasteiger partial charge < -0.3 is 0 Å². The van der Waals surface area contributed by atoms with Crippen molar-refractivity contribution in [1.29, 1.82) is 0 Å². The molecule has 0 aliphatic heterocycles. The molecule has 0 spiro atoms. The highest BCUT2D eigenvalue weighted by atomic mass is 35.5. The lowest BCUT2D eigenvalue weighted by molar-refractivity contribution is 0.434. The molecule has 1 unspecified atom stereocenters. The van der Waals surface area contributed by atoms with Gasteiger partial charge in [-0.2, -0.15) is 0 Å². The molecular weight excluding hydrogens is 270 g/mol. The van der Waals surface area contributed by atoms with Crippen LogP contribution in [-0.2, 0) is 11.8 Å². The maximum atomic E-state index is 6.22. The molecule has 20 heavy (non-hydrogen) atoms. The highest BCUT2D eigenvalue weighted by Crippen LogP contribution is 2.28. The summed E-state index contributed by atoms with van der Waals surface area (Å²) in [5.74, 6) is 0.947. The van der Waals surface area contributed by atoms with Gasteiger partial charge in [-0.3, -0.25) is 4.57 Å². The van der Waals surface area contributed by atoms with E-state index in [1.807, 2.05) is 6.07 Å². The summed E-state index contributed by atoms with van der Waals surface area (Å²) in [4.78, 5) is 0. The summed E-state index contributed by atoms with van der Waals surface area (Å²) in [7, 11) is 0.